The van der Waals surface area contributed by atoms with E-state index in [2.05, 4.69) is 15.3 Å². The fraction of sp³-hybridized carbons (Fsp3) is 0.0625. The monoisotopic (exact) mass is 383 g/mol. The highest BCUT2D eigenvalue weighted by atomic mass is 35.5. The average molecular weight is 384 g/mol. The molecule has 2 aromatic heterocycles. The molecule has 0 aliphatic heterocycles. The number of amides is 1. The molecular formula is C16H9ClF3N3OS. The predicted molar refractivity (Wildman–Crippen MR) is 89.8 cm³/mol. The molecule has 0 fully saturated rings. The minimum Gasteiger partial charge on any atom is -0.298 e. The van der Waals surface area contributed by atoms with Crippen LogP contribution in [0.5, 0.6) is 0 Å². The highest BCUT2D eigenvalue weighted by Gasteiger charge is 2.32. The molecule has 0 bridgehead atoms. The van der Waals surface area contributed by atoms with Crippen molar-refractivity contribution < 1.29 is 18.0 Å². The topological polar surface area (TPSA) is 54.9 Å². The Morgan fingerprint density at radius 2 is 1.84 bits per heavy atom. The van der Waals surface area contributed by atoms with Gasteiger partial charge in [0.25, 0.3) is 5.91 Å². The van der Waals surface area contributed by atoms with Crippen LogP contribution in [0.25, 0.3) is 11.3 Å². The molecule has 0 unspecified atom stereocenters. The summed E-state index contributed by atoms with van der Waals surface area (Å²) >= 11 is 7.03. The minimum atomic E-state index is -4.54. The van der Waals surface area contributed by atoms with Crippen molar-refractivity contribution in [2.45, 2.75) is 6.18 Å². The van der Waals surface area contributed by atoms with Gasteiger partial charge in [0.05, 0.1) is 11.3 Å². The highest BCUT2D eigenvalue weighted by molar-refractivity contribution is 7.14. The maximum atomic E-state index is 12.5. The summed E-state index contributed by atoms with van der Waals surface area (Å²) in [7, 11) is 0. The first-order chi connectivity index (χ1) is 11.8. The van der Waals surface area contributed by atoms with Crippen LogP contribution < -0.4 is 5.32 Å². The van der Waals surface area contributed by atoms with Crippen LogP contribution in [0.15, 0.2) is 48.0 Å². The zero-order valence-electron chi connectivity index (χ0n) is 12.3. The van der Waals surface area contributed by atoms with E-state index < -0.39 is 17.8 Å². The second-order valence-electron chi connectivity index (χ2n) is 4.93. The van der Waals surface area contributed by atoms with E-state index in [0.717, 1.165) is 23.9 Å². The number of carbonyl (C=O) groups excluding carboxylic acids is 1. The van der Waals surface area contributed by atoms with Gasteiger partial charge < -0.3 is 0 Å². The third-order valence-corrected chi connectivity index (χ3v) is 4.19. The van der Waals surface area contributed by atoms with E-state index in [1.807, 2.05) is 0 Å². The number of alkyl halides is 3. The molecule has 0 radical (unpaired) electrons. The lowest BCUT2D eigenvalue weighted by atomic mass is 10.2. The summed E-state index contributed by atoms with van der Waals surface area (Å²) in [5, 5.41) is 5.22. The van der Waals surface area contributed by atoms with Gasteiger partial charge in [0, 0.05) is 22.2 Å². The summed E-state index contributed by atoms with van der Waals surface area (Å²) in [5.41, 5.74) is 0.444. The van der Waals surface area contributed by atoms with Crippen LogP contribution in [0, 0.1) is 0 Å². The molecule has 0 saturated carbocycles. The van der Waals surface area contributed by atoms with Gasteiger partial charge in [0.1, 0.15) is 5.69 Å². The van der Waals surface area contributed by atoms with Gasteiger partial charge in [-0.25, -0.2) is 4.98 Å². The number of aromatic nitrogens is 2. The Bertz CT molecular complexity index is 892. The van der Waals surface area contributed by atoms with Crippen molar-refractivity contribution in [1.82, 2.24) is 9.97 Å². The lowest BCUT2D eigenvalue weighted by Crippen LogP contribution is -2.14. The van der Waals surface area contributed by atoms with E-state index in [1.165, 1.54) is 11.3 Å². The number of anilines is 1. The molecule has 2 heterocycles. The number of nitrogens with zero attached hydrogens (tertiary/aromatic N) is 2. The number of halogens is 4. The molecular weight excluding hydrogens is 375 g/mol. The van der Waals surface area contributed by atoms with E-state index in [1.54, 1.807) is 29.6 Å². The van der Waals surface area contributed by atoms with E-state index in [0.29, 0.717) is 15.8 Å². The van der Waals surface area contributed by atoms with Gasteiger partial charge in [0.15, 0.2) is 5.13 Å². The number of carbonyl (C=O) groups is 1. The molecule has 25 heavy (non-hydrogen) atoms. The number of pyridine rings is 1. The van der Waals surface area contributed by atoms with Crippen molar-refractivity contribution in [3.8, 4) is 11.3 Å². The van der Waals surface area contributed by atoms with Gasteiger partial charge in [-0.3, -0.25) is 15.1 Å². The quantitative estimate of drug-likeness (QED) is 0.682. The summed E-state index contributed by atoms with van der Waals surface area (Å²) in [5.74, 6) is -0.585. The van der Waals surface area contributed by atoms with Crippen molar-refractivity contribution in [3.63, 3.8) is 0 Å². The number of thiazole rings is 1. The van der Waals surface area contributed by atoms with Gasteiger partial charge >= 0.3 is 6.18 Å². The van der Waals surface area contributed by atoms with Crippen LogP contribution in [0.2, 0.25) is 5.02 Å². The minimum absolute atomic E-state index is 0.0104. The van der Waals surface area contributed by atoms with Crippen LogP contribution >= 0.6 is 22.9 Å². The Labute approximate surface area is 149 Å². The second kappa shape index (κ2) is 6.81. The molecule has 3 rings (SSSR count). The molecule has 1 N–H and O–H groups in total. The van der Waals surface area contributed by atoms with Gasteiger partial charge in [0.2, 0.25) is 0 Å². The first-order valence-corrected chi connectivity index (χ1v) is 8.15. The first kappa shape index (κ1) is 17.4. The van der Waals surface area contributed by atoms with Crippen molar-refractivity contribution in [3.05, 3.63) is 64.3 Å². The van der Waals surface area contributed by atoms with Gasteiger partial charge in [-0.05, 0) is 24.3 Å². The molecule has 128 valence electrons. The summed E-state index contributed by atoms with van der Waals surface area (Å²) in [6, 6.07) is 8.87. The third kappa shape index (κ3) is 4.15. The van der Waals surface area contributed by atoms with Gasteiger partial charge in [-0.15, -0.1) is 11.3 Å². The average Bonchev–Trinajstić information content (AvgIpc) is 3.03. The Morgan fingerprint density at radius 3 is 2.44 bits per heavy atom. The predicted octanol–water partition coefficient (Wildman–Crippen LogP) is 5.13. The molecule has 1 aromatic carbocycles. The Balaban J connectivity index is 1.72. The Morgan fingerprint density at radius 1 is 1.12 bits per heavy atom. The number of nitrogens with one attached hydrogen (secondary N) is 1. The molecule has 0 saturated heterocycles. The van der Waals surface area contributed by atoms with Crippen LogP contribution in [-0.4, -0.2) is 15.9 Å². The maximum absolute atomic E-state index is 12.5. The van der Waals surface area contributed by atoms with Crippen LogP contribution in [0.4, 0.5) is 18.3 Å². The van der Waals surface area contributed by atoms with Crippen molar-refractivity contribution in [2.24, 2.45) is 0 Å². The van der Waals surface area contributed by atoms with Crippen LogP contribution in [-0.2, 0) is 6.18 Å². The molecule has 3 aromatic rings. The molecule has 9 heteroatoms. The van der Waals surface area contributed by atoms with E-state index in [-0.39, 0.29) is 5.56 Å². The van der Waals surface area contributed by atoms with Crippen molar-refractivity contribution in [1.29, 1.82) is 0 Å². The number of benzene rings is 1. The maximum Gasteiger partial charge on any atom is 0.433 e. The van der Waals surface area contributed by atoms with Crippen LogP contribution in [0.1, 0.15) is 16.1 Å². The smallest absolute Gasteiger partial charge is 0.298 e. The van der Waals surface area contributed by atoms with Crippen LogP contribution in [0.3, 0.4) is 0 Å². The largest absolute Gasteiger partial charge is 0.433 e. The lowest BCUT2D eigenvalue weighted by molar-refractivity contribution is -0.141. The number of rotatable bonds is 3. The summed E-state index contributed by atoms with van der Waals surface area (Å²) < 4.78 is 37.4. The fourth-order valence-electron chi connectivity index (χ4n) is 1.95. The second-order valence-corrected chi connectivity index (χ2v) is 6.22. The van der Waals surface area contributed by atoms with E-state index >= 15 is 0 Å². The summed E-state index contributed by atoms with van der Waals surface area (Å²) in [4.78, 5) is 19.6. The molecule has 1 amide bonds. The van der Waals surface area contributed by atoms with E-state index in [9.17, 15) is 18.0 Å². The Kier molecular flexibility index (Phi) is 4.73. The normalized spacial score (nSPS) is 11.4. The molecule has 4 nitrogen and oxygen atoms in total. The molecule has 0 atom stereocenters. The van der Waals surface area contributed by atoms with E-state index in [4.69, 9.17) is 11.6 Å². The first-order valence-electron chi connectivity index (χ1n) is 6.89. The third-order valence-electron chi connectivity index (χ3n) is 3.18. The summed E-state index contributed by atoms with van der Waals surface area (Å²) in [6.45, 7) is 0. The zero-order chi connectivity index (χ0) is 18.0. The SMILES string of the molecule is O=C(Nc1nc(-c2ccc(Cl)cc2)cs1)c1ccc(C(F)(F)F)nc1. The highest BCUT2D eigenvalue weighted by Crippen LogP contribution is 2.28. The van der Waals surface area contributed by atoms with Gasteiger partial charge in [-0.1, -0.05) is 23.7 Å². The van der Waals surface area contributed by atoms with Crippen molar-refractivity contribution in [2.75, 3.05) is 5.32 Å². The number of hydrogen-bond donors (Lipinski definition) is 1. The number of hydrogen-bond acceptors (Lipinski definition) is 4. The Hall–Kier alpha value is -2.45. The molecule has 0 spiro atoms. The zero-order valence-corrected chi connectivity index (χ0v) is 13.9. The lowest BCUT2D eigenvalue weighted by Gasteiger charge is -2.06. The van der Waals surface area contributed by atoms with Gasteiger partial charge in [-0.2, -0.15) is 13.2 Å². The molecule has 0 aliphatic carbocycles. The molecule has 0 aliphatic rings. The standard InChI is InChI=1S/C16H9ClF3N3OS/c17-11-4-1-9(2-5-11)12-8-25-15(22-12)23-14(24)10-3-6-13(21-7-10)16(18,19)20/h1-8H,(H,22,23,24). The summed E-state index contributed by atoms with van der Waals surface area (Å²) in [6.07, 6.45) is -3.66. The fourth-order valence-corrected chi connectivity index (χ4v) is 2.79. The van der Waals surface area contributed by atoms with Crippen molar-refractivity contribution >= 4 is 34.0 Å².